The van der Waals surface area contributed by atoms with Crippen LogP contribution in [0, 0.1) is 6.92 Å². The van der Waals surface area contributed by atoms with Gasteiger partial charge in [0.15, 0.2) is 5.65 Å². The van der Waals surface area contributed by atoms with Gasteiger partial charge >= 0.3 is 0 Å². The second-order valence-electron chi connectivity index (χ2n) is 8.54. The zero-order valence-electron chi connectivity index (χ0n) is 18.8. The number of hydrogen-bond acceptors (Lipinski definition) is 5. The standard InChI is InChI=1S/C24H26BN5O2S/c1-17-7-5-6-10-20(17)22-15-23(30-24(28-22)21(25)16-26-30)27-18-11-13-29(14-12-18)33(31,32)19-8-3-2-4-9-19/h2-10,15-16,18,27H,11-14,25H2,1H3. The van der Waals surface area contributed by atoms with E-state index in [-0.39, 0.29) is 6.04 Å². The predicted molar refractivity (Wildman–Crippen MR) is 133 cm³/mol. The summed E-state index contributed by atoms with van der Waals surface area (Å²) in [5, 5.41) is 8.14. The molecule has 0 unspecified atom stereocenters. The molecule has 2 aromatic heterocycles. The van der Waals surface area contributed by atoms with Crippen LogP contribution in [0.2, 0.25) is 0 Å². The highest BCUT2D eigenvalue weighted by atomic mass is 32.2. The Balaban J connectivity index is 1.39. The molecule has 0 bridgehead atoms. The number of nitrogens with zero attached hydrogens (tertiary/aromatic N) is 4. The first kappa shape index (κ1) is 21.7. The third-order valence-corrected chi connectivity index (χ3v) is 8.17. The van der Waals surface area contributed by atoms with E-state index in [0.717, 1.165) is 46.6 Å². The smallest absolute Gasteiger partial charge is 0.243 e. The van der Waals surface area contributed by atoms with Crippen molar-refractivity contribution in [3.8, 4) is 11.3 Å². The fraction of sp³-hybridized carbons (Fsp3) is 0.250. The number of benzene rings is 2. The van der Waals surface area contributed by atoms with Crippen molar-refractivity contribution in [2.45, 2.75) is 30.7 Å². The van der Waals surface area contributed by atoms with E-state index in [1.54, 1.807) is 28.6 Å². The Hall–Kier alpha value is -3.17. The molecule has 0 saturated carbocycles. The lowest BCUT2D eigenvalue weighted by Gasteiger charge is -2.32. The maximum Gasteiger partial charge on any atom is 0.243 e. The van der Waals surface area contributed by atoms with Crippen molar-refractivity contribution in [1.82, 2.24) is 18.9 Å². The maximum absolute atomic E-state index is 12.9. The highest BCUT2D eigenvalue weighted by molar-refractivity contribution is 7.89. The van der Waals surface area contributed by atoms with Crippen molar-refractivity contribution in [3.05, 3.63) is 72.4 Å². The van der Waals surface area contributed by atoms with Crippen molar-refractivity contribution in [2.75, 3.05) is 18.4 Å². The van der Waals surface area contributed by atoms with E-state index >= 15 is 0 Å². The molecule has 0 radical (unpaired) electrons. The van der Waals surface area contributed by atoms with Crippen LogP contribution >= 0.6 is 0 Å². The lowest BCUT2D eigenvalue weighted by Crippen LogP contribution is -2.42. The summed E-state index contributed by atoms with van der Waals surface area (Å²) in [6.45, 7) is 3.04. The van der Waals surface area contributed by atoms with Gasteiger partial charge in [-0.05, 0) is 42.9 Å². The SMILES string of the molecule is Bc1cnn2c(NC3CCN(S(=O)(=O)c4ccccc4)CC3)cc(-c3ccccc3C)nc12. The molecule has 5 rings (SSSR count). The van der Waals surface area contributed by atoms with Gasteiger partial charge in [-0.3, -0.25) is 0 Å². The minimum absolute atomic E-state index is 0.145. The first-order valence-electron chi connectivity index (χ1n) is 11.2. The van der Waals surface area contributed by atoms with Gasteiger partial charge in [0.1, 0.15) is 13.7 Å². The molecule has 7 nitrogen and oxygen atoms in total. The van der Waals surface area contributed by atoms with Crippen LogP contribution in [0.1, 0.15) is 18.4 Å². The molecule has 3 heterocycles. The number of sulfonamides is 1. The molecule has 9 heteroatoms. The van der Waals surface area contributed by atoms with Crippen LogP contribution in [-0.2, 0) is 10.0 Å². The third kappa shape index (κ3) is 4.14. The maximum atomic E-state index is 12.9. The van der Waals surface area contributed by atoms with Gasteiger partial charge in [-0.25, -0.2) is 13.4 Å². The van der Waals surface area contributed by atoms with Crippen molar-refractivity contribution in [3.63, 3.8) is 0 Å². The average molecular weight is 459 g/mol. The van der Waals surface area contributed by atoms with E-state index < -0.39 is 10.0 Å². The zero-order valence-corrected chi connectivity index (χ0v) is 19.6. The number of hydrogen-bond donors (Lipinski definition) is 1. The largest absolute Gasteiger partial charge is 0.367 e. The molecule has 168 valence electrons. The van der Waals surface area contributed by atoms with E-state index in [9.17, 15) is 8.42 Å². The summed E-state index contributed by atoms with van der Waals surface area (Å²) >= 11 is 0. The molecule has 1 fully saturated rings. The molecule has 0 aliphatic carbocycles. The summed E-state index contributed by atoms with van der Waals surface area (Å²) in [6, 6.07) is 19.0. The van der Waals surface area contributed by atoms with Crippen LogP contribution in [-0.4, -0.2) is 54.3 Å². The number of fused-ring (bicyclic) bond motifs is 1. The topological polar surface area (TPSA) is 79.6 Å². The molecule has 0 atom stereocenters. The fourth-order valence-electron chi connectivity index (χ4n) is 4.36. The van der Waals surface area contributed by atoms with E-state index in [1.165, 1.54) is 0 Å². The molecular weight excluding hydrogens is 433 g/mol. The lowest BCUT2D eigenvalue weighted by atomic mass is 10.00. The first-order valence-corrected chi connectivity index (χ1v) is 12.6. The molecule has 33 heavy (non-hydrogen) atoms. The van der Waals surface area contributed by atoms with Gasteiger partial charge in [0, 0.05) is 37.0 Å². The highest BCUT2D eigenvalue weighted by Gasteiger charge is 2.29. The molecule has 2 aromatic carbocycles. The van der Waals surface area contributed by atoms with Crippen LogP contribution in [0.5, 0.6) is 0 Å². The summed E-state index contributed by atoms with van der Waals surface area (Å²) in [5.41, 5.74) is 4.99. The zero-order chi connectivity index (χ0) is 23.0. The van der Waals surface area contributed by atoms with Crippen molar-refractivity contribution in [2.24, 2.45) is 0 Å². The summed E-state index contributed by atoms with van der Waals surface area (Å²) in [5.74, 6) is 0.871. The molecule has 4 aromatic rings. The quantitative estimate of drug-likeness (QED) is 0.463. The molecule has 1 N–H and O–H groups in total. The van der Waals surface area contributed by atoms with Crippen LogP contribution in [0.15, 0.2) is 71.8 Å². The third-order valence-electron chi connectivity index (χ3n) is 6.26. The number of nitrogens with one attached hydrogen (secondary N) is 1. The Morgan fingerprint density at radius 2 is 1.73 bits per heavy atom. The second-order valence-corrected chi connectivity index (χ2v) is 10.5. The Kier molecular flexibility index (Phi) is 5.68. The van der Waals surface area contributed by atoms with E-state index in [0.29, 0.717) is 18.0 Å². The summed E-state index contributed by atoms with van der Waals surface area (Å²) in [7, 11) is -1.45. The normalized spacial score (nSPS) is 15.7. The lowest BCUT2D eigenvalue weighted by molar-refractivity contribution is 0.329. The summed E-state index contributed by atoms with van der Waals surface area (Å²) < 4.78 is 29.3. The number of rotatable bonds is 5. The van der Waals surface area contributed by atoms with Gasteiger partial charge in [-0.1, -0.05) is 42.5 Å². The average Bonchev–Trinajstić information content (AvgIpc) is 3.21. The van der Waals surface area contributed by atoms with Crippen LogP contribution in [0.25, 0.3) is 16.9 Å². The predicted octanol–water partition coefficient (Wildman–Crippen LogP) is 2.23. The summed E-state index contributed by atoms with van der Waals surface area (Å²) in [6.07, 6.45) is 3.26. The number of anilines is 1. The molecule has 0 amide bonds. The number of piperidine rings is 1. The Morgan fingerprint density at radius 3 is 2.45 bits per heavy atom. The number of aryl methyl sites for hydroxylation is 1. The van der Waals surface area contributed by atoms with Crippen molar-refractivity contribution >= 4 is 34.8 Å². The van der Waals surface area contributed by atoms with Crippen LogP contribution < -0.4 is 10.8 Å². The van der Waals surface area contributed by atoms with Crippen LogP contribution in [0.4, 0.5) is 5.82 Å². The fourth-order valence-corrected chi connectivity index (χ4v) is 5.86. The van der Waals surface area contributed by atoms with Crippen LogP contribution in [0.3, 0.4) is 0 Å². The Morgan fingerprint density at radius 1 is 1.03 bits per heavy atom. The Bertz CT molecular complexity index is 1400. The van der Waals surface area contributed by atoms with E-state index in [4.69, 9.17) is 4.98 Å². The molecular formula is C24H26BN5O2S. The number of aromatic nitrogens is 3. The molecule has 1 saturated heterocycles. The molecule has 0 spiro atoms. The minimum Gasteiger partial charge on any atom is -0.367 e. The second kappa shape index (κ2) is 8.65. The molecule has 1 aliphatic rings. The van der Waals surface area contributed by atoms with Gasteiger partial charge in [0.05, 0.1) is 10.6 Å². The van der Waals surface area contributed by atoms with Gasteiger partial charge in [-0.15, -0.1) is 0 Å². The van der Waals surface area contributed by atoms with Gasteiger partial charge in [0.2, 0.25) is 10.0 Å². The van der Waals surface area contributed by atoms with Gasteiger partial charge in [-0.2, -0.15) is 13.9 Å². The molecule has 1 aliphatic heterocycles. The highest BCUT2D eigenvalue weighted by Crippen LogP contribution is 2.27. The van der Waals surface area contributed by atoms with Gasteiger partial charge < -0.3 is 5.32 Å². The monoisotopic (exact) mass is 459 g/mol. The van der Waals surface area contributed by atoms with E-state index in [2.05, 4.69) is 29.5 Å². The first-order chi connectivity index (χ1) is 15.9. The Labute approximate surface area is 194 Å². The summed E-state index contributed by atoms with van der Waals surface area (Å²) in [4.78, 5) is 5.22. The van der Waals surface area contributed by atoms with E-state index in [1.807, 2.05) is 42.8 Å². The van der Waals surface area contributed by atoms with Crippen molar-refractivity contribution in [1.29, 1.82) is 0 Å². The van der Waals surface area contributed by atoms with Crippen molar-refractivity contribution < 1.29 is 8.42 Å². The van der Waals surface area contributed by atoms with Gasteiger partial charge in [0.25, 0.3) is 0 Å². The minimum atomic E-state index is -3.46.